The van der Waals surface area contributed by atoms with Gasteiger partial charge in [0.25, 0.3) is 0 Å². The van der Waals surface area contributed by atoms with E-state index in [9.17, 15) is 0 Å². The van der Waals surface area contributed by atoms with Gasteiger partial charge in [0.05, 0.1) is 11.6 Å². The average molecular weight is 272 g/mol. The van der Waals surface area contributed by atoms with E-state index in [1.54, 1.807) is 0 Å². The largest absolute Gasteiger partial charge is 0.192 e. The molecule has 16 heavy (non-hydrogen) atoms. The highest BCUT2D eigenvalue weighted by Gasteiger charge is 2.03. The van der Waals surface area contributed by atoms with Crippen LogP contribution in [-0.4, -0.2) is 0 Å². The molecular formula is C14H10BrN. The highest BCUT2D eigenvalue weighted by Crippen LogP contribution is 2.23. The molecule has 0 saturated carbocycles. The van der Waals surface area contributed by atoms with E-state index in [0.29, 0.717) is 5.33 Å². The van der Waals surface area contributed by atoms with Crippen LogP contribution in [-0.2, 0) is 5.33 Å². The summed E-state index contributed by atoms with van der Waals surface area (Å²) in [7, 11) is 0. The Balaban J connectivity index is 2.49. The second-order valence-corrected chi connectivity index (χ2v) is 4.04. The predicted molar refractivity (Wildman–Crippen MR) is 69.2 cm³/mol. The van der Waals surface area contributed by atoms with E-state index in [1.807, 2.05) is 48.5 Å². The lowest BCUT2D eigenvalue weighted by Gasteiger charge is -2.04. The molecule has 1 nitrogen and oxygen atoms in total. The van der Waals surface area contributed by atoms with Crippen molar-refractivity contribution < 1.29 is 0 Å². The van der Waals surface area contributed by atoms with Crippen molar-refractivity contribution in [3.05, 3.63) is 59.7 Å². The number of nitrogens with zero attached hydrogens (tertiary/aromatic N) is 1. The molecule has 0 aromatic heterocycles. The predicted octanol–water partition coefficient (Wildman–Crippen LogP) is 4.12. The topological polar surface area (TPSA) is 23.8 Å². The summed E-state index contributed by atoms with van der Waals surface area (Å²) >= 11 is 3.38. The highest BCUT2D eigenvalue weighted by molar-refractivity contribution is 9.08. The highest BCUT2D eigenvalue weighted by atomic mass is 79.9. The number of halogens is 1. The number of rotatable bonds is 2. The van der Waals surface area contributed by atoms with Crippen molar-refractivity contribution in [2.45, 2.75) is 5.33 Å². The summed E-state index contributed by atoms with van der Waals surface area (Å²) in [5.74, 6) is 0. The van der Waals surface area contributed by atoms with E-state index in [4.69, 9.17) is 5.26 Å². The van der Waals surface area contributed by atoms with Gasteiger partial charge in [-0.3, -0.25) is 0 Å². The lowest BCUT2D eigenvalue weighted by Crippen LogP contribution is -1.87. The molecule has 0 aliphatic carbocycles. The molecular weight excluding hydrogens is 262 g/mol. The average Bonchev–Trinajstić information content (AvgIpc) is 2.39. The fourth-order valence-corrected chi connectivity index (χ4v) is 2.10. The fourth-order valence-electron chi connectivity index (χ4n) is 1.61. The molecule has 0 spiro atoms. The molecule has 0 N–H and O–H groups in total. The van der Waals surface area contributed by atoms with Gasteiger partial charge in [-0.1, -0.05) is 58.4 Å². The smallest absolute Gasteiger partial charge is 0.0995 e. The van der Waals surface area contributed by atoms with Gasteiger partial charge in [-0.15, -0.1) is 0 Å². The molecule has 2 aromatic rings. The number of alkyl halides is 1. The maximum Gasteiger partial charge on any atom is 0.0995 e. The molecule has 0 saturated heterocycles. The number of benzene rings is 2. The Labute approximate surface area is 103 Å². The zero-order valence-corrected chi connectivity index (χ0v) is 10.2. The normalized spacial score (nSPS) is 9.75. The first-order valence-corrected chi connectivity index (χ1v) is 6.11. The van der Waals surface area contributed by atoms with E-state index < -0.39 is 0 Å². The van der Waals surface area contributed by atoms with E-state index in [1.165, 1.54) is 0 Å². The monoisotopic (exact) mass is 271 g/mol. The maximum atomic E-state index is 9.05. The van der Waals surface area contributed by atoms with Gasteiger partial charge in [0.1, 0.15) is 0 Å². The van der Waals surface area contributed by atoms with Crippen molar-refractivity contribution in [3.63, 3.8) is 0 Å². The number of nitriles is 1. The molecule has 0 heterocycles. The Morgan fingerprint density at radius 1 is 1.00 bits per heavy atom. The summed E-state index contributed by atoms with van der Waals surface area (Å²) in [5, 5.41) is 9.76. The molecule has 0 atom stereocenters. The lowest BCUT2D eigenvalue weighted by molar-refractivity contribution is 1.37. The first kappa shape index (κ1) is 10.9. The Morgan fingerprint density at radius 2 is 1.75 bits per heavy atom. The van der Waals surface area contributed by atoms with Crippen molar-refractivity contribution in [2.24, 2.45) is 0 Å². The summed E-state index contributed by atoms with van der Waals surface area (Å²) in [6, 6.07) is 18.3. The van der Waals surface area contributed by atoms with Crippen molar-refractivity contribution in [3.8, 4) is 17.2 Å². The molecule has 78 valence electrons. The molecule has 2 rings (SSSR count). The SMILES string of the molecule is N#Cc1cc(-c2ccccc2)ccc1CBr. The fraction of sp³-hybridized carbons (Fsp3) is 0.0714. The Hall–Kier alpha value is -1.59. The molecule has 0 aliphatic rings. The van der Waals surface area contributed by atoms with Crippen LogP contribution in [0.1, 0.15) is 11.1 Å². The van der Waals surface area contributed by atoms with Crippen LogP contribution in [0.5, 0.6) is 0 Å². The summed E-state index contributed by atoms with van der Waals surface area (Å²) in [6.45, 7) is 0. The van der Waals surface area contributed by atoms with Crippen molar-refractivity contribution >= 4 is 15.9 Å². The number of hydrogen-bond acceptors (Lipinski definition) is 1. The maximum absolute atomic E-state index is 9.05. The van der Waals surface area contributed by atoms with Gasteiger partial charge < -0.3 is 0 Å². The molecule has 0 aliphatic heterocycles. The minimum absolute atomic E-state index is 0.713. The molecule has 0 bridgehead atoms. The van der Waals surface area contributed by atoms with Gasteiger partial charge >= 0.3 is 0 Å². The second-order valence-electron chi connectivity index (χ2n) is 3.48. The van der Waals surface area contributed by atoms with Gasteiger partial charge in [0, 0.05) is 5.33 Å². The van der Waals surface area contributed by atoms with Crippen molar-refractivity contribution in [1.82, 2.24) is 0 Å². The lowest BCUT2D eigenvalue weighted by atomic mass is 10.0. The quantitative estimate of drug-likeness (QED) is 0.754. The zero-order valence-electron chi connectivity index (χ0n) is 8.65. The third kappa shape index (κ3) is 2.15. The van der Waals surface area contributed by atoms with Gasteiger partial charge in [0.2, 0.25) is 0 Å². The van der Waals surface area contributed by atoms with Crippen LogP contribution >= 0.6 is 15.9 Å². The Bertz CT molecular complexity index is 526. The first-order chi connectivity index (χ1) is 7.85. The summed E-state index contributed by atoms with van der Waals surface area (Å²) in [6.07, 6.45) is 0. The Kier molecular flexibility index (Phi) is 3.38. The van der Waals surface area contributed by atoms with Crippen LogP contribution in [0, 0.1) is 11.3 Å². The van der Waals surface area contributed by atoms with E-state index >= 15 is 0 Å². The molecule has 2 aromatic carbocycles. The molecule has 0 radical (unpaired) electrons. The molecule has 2 heteroatoms. The summed E-state index contributed by atoms with van der Waals surface area (Å²) in [5.41, 5.74) is 3.99. The summed E-state index contributed by atoms with van der Waals surface area (Å²) in [4.78, 5) is 0. The minimum Gasteiger partial charge on any atom is -0.192 e. The van der Waals surface area contributed by atoms with Gasteiger partial charge in [-0.05, 0) is 22.8 Å². The van der Waals surface area contributed by atoms with E-state index in [2.05, 4.69) is 22.0 Å². The van der Waals surface area contributed by atoms with Crippen LogP contribution in [0.25, 0.3) is 11.1 Å². The van der Waals surface area contributed by atoms with E-state index in [-0.39, 0.29) is 0 Å². The van der Waals surface area contributed by atoms with Gasteiger partial charge in [-0.2, -0.15) is 5.26 Å². The minimum atomic E-state index is 0.713. The van der Waals surface area contributed by atoms with Crippen LogP contribution < -0.4 is 0 Å². The summed E-state index contributed by atoms with van der Waals surface area (Å²) < 4.78 is 0. The third-order valence-corrected chi connectivity index (χ3v) is 3.09. The van der Waals surface area contributed by atoms with Crippen LogP contribution in [0.4, 0.5) is 0 Å². The molecule has 0 amide bonds. The van der Waals surface area contributed by atoms with Crippen LogP contribution in [0.2, 0.25) is 0 Å². The second kappa shape index (κ2) is 4.96. The van der Waals surface area contributed by atoms with Crippen molar-refractivity contribution in [2.75, 3.05) is 0 Å². The van der Waals surface area contributed by atoms with E-state index in [0.717, 1.165) is 22.3 Å². The Morgan fingerprint density at radius 3 is 2.38 bits per heavy atom. The third-order valence-electron chi connectivity index (χ3n) is 2.48. The van der Waals surface area contributed by atoms with Gasteiger partial charge in [0.15, 0.2) is 0 Å². The van der Waals surface area contributed by atoms with Gasteiger partial charge in [-0.25, -0.2) is 0 Å². The number of hydrogen-bond donors (Lipinski definition) is 0. The first-order valence-electron chi connectivity index (χ1n) is 4.99. The standard InChI is InChI=1S/C14H10BrN/c15-9-13-7-6-12(8-14(13)10-16)11-4-2-1-3-5-11/h1-8H,9H2. The molecule has 0 unspecified atom stereocenters. The van der Waals surface area contributed by atoms with Crippen LogP contribution in [0.15, 0.2) is 48.5 Å². The van der Waals surface area contributed by atoms with Crippen molar-refractivity contribution in [1.29, 1.82) is 5.26 Å². The molecule has 0 fully saturated rings. The zero-order chi connectivity index (χ0) is 11.4. The van der Waals surface area contributed by atoms with Crippen LogP contribution in [0.3, 0.4) is 0 Å².